The molecule has 4 nitrogen and oxygen atoms in total. The van der Waals surface area contributed by atoms with Crippen LogP contribution in [0.2, 0.25) is 0 Å². The number of fused-ring (bicyclic) bond motifs is 2. The van der Waals surface area contributed by atoms with Crippen molar-refractivity contribution in [2.24, 2.45) is 0 Å². The topological polar surface area (TPSA) is 50.3 Å². The van der Waals surface area contributed by atoms with Crippen molar-refractivity contribution >= 4 is 33.2 Å². The third-order valence-electron chi connectivity index (χ3n) is 6.16. The van der Waals surface area contributed by atoms with Gasteiger partial charge < -0.3 is 4.90 Å². The second-order valence-corrected chi connectivity index (χ2v) is 9.09. The molecule has 1 aliphatic heterocycles. The average molecular weight is 405 g/mol. The van der Waals surface area contributed by atoms with Crippen LogP contribution in [-0.2, 0) is 17.6 Å². The van der Waals surface area contributed by atoms with Crippen molar-refractivity contribution in [3.8, 4) is 0 Å². The zero-order valence-electron chi connectivity index (χ0n) is 16.4. The van der Waals surface area contributed by atoms with E-state index < -0.39 is 0 Å². The van der Waals surface area contributed by atoms with Gasteiger partial charge in [0, 0.05) is 24.9 Å². The van der Waals surface area contributed by atoms with Crippen LogP contribution in [0.5, 0.6) is 0 Å². The van der Waals surface area contributed by atoms with E-state index in [0.717, 1.165) is 53.0 Å². The number of benzene rings is 2. The number of aromatic nitrogens is 1. The molecule has 2 heterocycles. The Morgan fingerprint density at radius 2 is 1.90 bits per heavy atom. The number of rotatable bonds is 5. The van der Waals surface area contributed by atoms with E-state index in [1.54, 1.807) is 11.3 Å². The minimum Gasteiger partial charge on any atom is -0.333 e. The van der Waals surface area contributed by atoms with Gasteiger partial charge in [-0.05, 0) is 61.4 Å². The molecule has 1 fully saturated rings. The molecule has 148 valence electrons. The zero-order valence-corrected chi connectivity index (χ0v) is 17.2. The number of hydrogen-bond acceptors (Lipinski definition) is 4. The number of aryl methyl sites for hydroxylation is 2. The summed E-state index contributed by atoms with van der Waals surface area (Å²) in [5.74, 6) is 0.144. The predicted molar refractivity (Wildman–Crippen MR) is 115 cm³/mol. The molecule has 1 amide bonds. The Balaban J connectivity index is 1.25. The molecule has 0 bridgehead atoms. The van der Waals surface area contributed by atoms with E-state index >= 15 is 0 Å². The maximum absolute atomic E-state index is 12.9. The number of ketones is 1. The summed E-state index contributed by atoms with van der Waals surface area (Å²) in [6.07, 6.45) is 5.85. The van der Waals surface area contributed by atoms with Crippen LogP contribution in [0.15, 0.2) is 42.5 Å². The maximum Gasteiger partial charge on any atom is 0.223 e. The Hall–Kier alpha value is -2.53. The van der Waals surface area contributed by atoms with E-state index in [0.29, 0.717) is 0 Å². The van der Waals surface area contributed by atoms with Gasteiger partial charge in [0.1, 0.15) is 5.01 Å². The lowest BCUT2D eigenvalue weighted by atomic mass is 10.0. The van der Waals surface area contributed by atoms with Gasteiger partial charge in [0.25, 0.3) is 0 Å². The van der Waals surface area contributed by atoms with E-state index in [1.165, 1.54) is 17.5 Å². The fourth-order valence-electron chi connectivity index (χ4n) is 4.61. The first-order valence-corrected chi connectivity index (χ1v) is 11.3. The van der Waals surface area contributed by atoms with Crippen LogP contribution in [0, 0.1) is 0 Å². The highest BCUT2D eigenvalue weighted by atomic mass is 32.1. The van der Waals surface area contributed by atoms with Gasteiger partial charge in [-0.2, -0.15) is 0 Å². The summed E-state index contributed by atoms with van der Waals surface area (Å²) in [6.45, 7) is 0.756. The molecule has 1 aromatic heterocycles. The summed E-state index contributed by atoms with van der Waals surface area (Å²) < 4.78 is 1.16. The molecule has 3 aromatic rings. The highest BCUT2D eigenvalue weighted by molar-refractivity contribution is 7.18. The van der Waals surface area contributed by atoms with E-state index in [9.17, 15) is 9.59 Å². The van der Waals surface area contributed by atoms with Gasteiger partial charge in [-0.3, -0.25) is 9.59 Å². The monoisotopic (exact) mass is 404 g/mol. The molecule has 5 rings (SSSR count). The zero-order chi connectivity index (χ0) is 19.8. The van der Waals surface area contributed by atoms with Crippen molar-refractivity contribution in [1.82, 2.24) is 9.88 Å². The first-order valence-electron chi connectivity index (χ1n) is 10.5. The first kappa shape index (κ1) is 18.5. The molecule has 1 saturated heterocycles. The SMILES string of the molecule is O=C(CCC(=O)N1CCC[C@@H]1c1nc2ccccc2s1)c1ccc2c(c1)CCC2. The van der Waals surface area contributed by atoms with Crippen molar-refractivity contribution < 1.29 is 9.59 Å². The number of amides is 1. The minimum atomic E-state index is 0.0509. The molecule has 2 aromatic carbocycles. The number of nitrogens with zero attached hydrogens (tertiary/aromatic N) is 2. The lowest BCUT2D eigenvalue weighted by molar-refractivity contribution is -0.132. The third kappa shape index (κ3) is 3.60. The molecule has 2 aliphatic rings. The van der Waals surface area contributed by atoms with Gasteiger partial charge in [-0.25, -0.2) is 4.98 Å². The van der Waals surface area contributed by atoms with Gasteiger partial charge in [-0.1, -0.05) is 24.3 Å². The average Bonchev–Trinajstić information content (AvgIpc) is 3.49. The Kier molecular flexibility index (Phi) is 4.92. The fourth-order valence-corrected chi connectivity index (χ4v) is 5.72. The smallest absolute Gasteiger partial charge is 0.223 e. The third-order valence-corrected chi connectivity index (χ3v) is 7.29. The van der Waals surface area contributed by atoms with Crippen LogP contribution in [-0.4, -0.2) is 28.1 Å². The number of thiazole rings is 1. The van der Waals surface area contributed by atoms with Gasteiger partial charge in [-0.15, -0.1) is 11.3 Å². The molecule has 0 saturated carbocycles. The van der Waals surface area contributed by atoms with Gasteiger partial charge >= 0.3 is 0 Å². The van der Waals surface area contributed by atoms with Crippen molar-refractivity contribution in [3.05, 3.63) is 64.2 Å². The Bertz CT molecular complexity index is 1050. The summed E-state index contributed by atoms with van der Waals surface area (Å²) in [4.78, 5) is 32.3. The summed E-state index contributed by atoms with van der Waals surface area (Å²) in [6, 6.07) is 14.2. The van der Waals surface area contributed by atoms with Crippen LogP contribution in [0.4, 0.5) is 0 Å². The molecule has 1 aliphatic carbocycles. The quantitative estimate of drug-likeness (QED) is 0.555. The van der Waals surface area contributed by atoms with Crippen molar-refractivity contribution in [1.29, 1.82) is 0 Å². The molecule has 1 atom stereocenters. The highest BCUT2D eigenvalue weighted by Crippen LogP contribution is 2.37. The van der Waals surface area contributed by atoms with Crippen molar-refractivity contribution in [2.45, 2.75) is 51.0 Å². The van der Waals surface area contributed by atoms with Crippen LogP contribution < -0.4 is 0 Å². The summed E-state index contributed by atoms with van der Waals surface area (Å²) >= 11 is 1.68. The summed E-state index contributed by atoms with van der Waals surface area (Å²) in [5, 5.41) is 1.02. The highest BCUT2D eigenvalue weighted by Gasteiger charge is 2.32. The normalized spacial score (nSPS) is 18.3. The molecule has 0 spiro atoms. The molecular formula is C24H24N2O2S. The van der Waals surface area contributed by atoms with Gasteiger partial charge in [0.15, 0.2) is 5.78 Å². The number of carbonyl (C=O) groups excluding carboxylic acids is 2. The molecule has 5 heteroatoms. The number of para-hydroxylation sites is 1. The van der Waals surface area contributed by atoms with Gasteiger partial charge in [0.05, 0.1) is 16.3 Å². The van der Waals surface area contributed by atoms with Crippen LogP contribution in [0.25, 0.3) is 10.2 Å². The van der Waals surface area contributed by atoms with Crippen LogP contribution in [0.3, 0.4) is 0 Å². The molecule has 0 unspecified atom stereocenters. The van der Waals surface area contributed by atoms with E-state index in [4.69, 9.17) is 4.98 Å². The predicted octanol–water partition coefficient (Wildman–Crippen LogP) is 5.11. The Morgan fingerprint density at radius 3 is 2.79 bits per heavy atom. The van der Waals surface area contributed by atoms with E-state index in [1.807, 2.05) is 35.2 Å². The van der Waals surface area contributed by atoms with E-state index in [2.05, 4.69) is 12.1 Å². The standard InChI is InChI=1S/C24H24N2O2S/c27-21(18-11-10-16-5-3-6-17(16)15-18)12-13-23(28)26-14-4-8-20(26)24-25-19-7-1-2-9-22(19)29-24/h1-2,7,9-11,15,20H,3-6,8,12-14H2/t20-/m1/s1. The van der Waals surface area contributed by atoms with Crippen LogP contribution >= 0.6 is 11.3 Å². The molecule has 29 heavy (non-hydrogen) atoms. The van der Waals surface area contributed by atoms with Crippen molar-refractivity contribution in [2.75, 3.05) is 6.54 Å². The summed E-state index contributed by atoms with van der Waals surface area (Å²) in [5.41, 5.74) is 4.42. The van der Waals surface area contributed by atoms with E-state index in [-0.39, 0.29) is 30.6 Å². The first-order chi connectivity index (χ1) is 14.2. The molecule has 0 N–H and O–H groups in total. The van der Waals surface area contributed by atoms with Gasteiger partial charge in [0.2, 0.25) is 5.91 Å². The maximum atomic E-state index is 12.9. The molecule has 0 radical (unpaired) electrons. The Morgan fingerprint density at radius 1 is 1.03 bits per heavy atom. The second-order valence-electron chi connectivity index (χ2n) is 8.03. The molecular weight excluding hydrogens is 380 g/mol. The minimum absolute atomic E-state index is 0.0509. The number of likely N-dealkylation sites (tertiary alicyclic amines) is 1. The number of hydrogen-bond donors (Lipinski definition) is 0. The lowest BCUT2D eigenvalue weighted by Gasteiger charge is -2.23. The fraction of sp³-hybridized carbons (Fsp3) is 0.375. The lowest BCUT2D eigenvalue weighted by Crippen LogP contribution is -2.30. The van der Waals surface area contributed by atoms with Crippen molar-refractivity contribution in [3.63, 3.8) is 0 Å². The number of Topliss-reactive ketones (excluding diaryl/α,β-unsaturated/α-hetero) is 1. The summed E-state index contributed by atoms with van der Waals surface area (Å²) in [7, 11) is 0. The number of carbonyl (C=O) groups is 2. The largest absolute Gasteiger partial charge is 0.333 e. The van der Waals surface area contributed by atoms with Crippen LogP contribution in [0.1, 0.15) is 64.6 Å². The second kappa shape index (κ2) is 7.71. The Labute approximate surface area is 174 Å².